The fraction of sp³-hybridized carbons (Fsp3) is 0.429. The van der Waals surface area contributed by atoms with Crippen LogP contribution in [0.4, 0.5) is 9.59 Å². The Hall–Kier alpha value is -0.0873. The Balaban J connectivity index is 0.00000148. The Morgan fingerprint density at radius 1 is 0.969 bits per heavy atom. The van der Waals surface area contributed by atoms with Crippen LogP contribution in [-0.4, -0.2) is 51.9 Å². The molecule has 11 heteroatoms. The molecule has 0 unspecified atom stereocenters. The number of carbonyl (C=O) groups is 2. The maximum atomic E-state index is 12.1. The summed E-state index contributed by atoms with van der Waals surface area (Å²) in [5.41, 5.74) is 1.56. The molecule has 162 valence electrons. The zero-order valence-electron chi connectivity index (χ0n) is 19.2. The van der Waals surface area contributed by atoms with Crippen molar-refractivity contribution in [1.29, 1.82) is 0 Å². The van der Waals surface area contributed by atoms with Gasteiger partial charge in [0.05, 0.1) is 0 Å². The summed E-state index contributed by atoms with van der Waals surface area (Å²) in [6, 6.07) is 10.4. The number of benzene rings is 1. The molecule has 1 aromatic heterocycles. The number of likely N-dealkylation sites (tertiary alicyclic amines) is 1. The minimum absolute atomic E-state index is 0. The standard InChI is InChI=1S/C20H25N3O3.CH2O3.2K/c1-20(2,3)26-19(24)23-11-9-17(10-12-23)25-18-21-13-16(14-22-18)15-7-5-4-6-8-15;2-1(3)4;;/h4-8,13-14,17H,9-12H2,1-3H3;(H2,2,3,4);;/q;;2*+1/p-2. The van der Waals surface area contributed by atoms with Crippen LogP contribution < -0.4 is 118 Å². The zero-order valence-corrected chi connectivity index (χ0v) is 25.5. The molecule has 1 aliphatic rings. The van der Waals surface area contributed by atoms with Crippen molar-refractivity contribution in [3.63, 3.8) is 0 Å². The molecule has 1 saturated heterocycles. The molecule has 3 rings (SSSR count). The second kappa shape index (κ2) is 15.7. The Bertz CT molecular complexity index is 820. The molecule has 0 aliphatic carbocycles. The van der Waals surface area contributed by atoms with Gasteiger partial charge in [0.15, 0.2) is 0 Å². The van der Waals surface area contributed by atoms with Gasteiger partial charge in [0.1, 0.15) is 11.7 Å². The van der Waals surface area contributed by atoms with E-state index in [-0.39, 0.29) is 115 Å². The molecule has 1 amide bonds. The van der Waals surface area contributed by atoms with Gasteiger partial charge in [0.25, 0.3) is 0 Å². The number of hydrogen-bond donors (Lipinski definition) is 0. The first-order chi connectivity index (χ1) is 14.1. The van der Waals surface area contributed by atoms with Gasteiger partial charge in [-0.05, 0) is 32.5 Å². The third-order valence-corrected chi connectivity index (χ3v) is 4.10. The second-order valence-corrected chi connectivity index (χ2v) is 7.65. The molecule has 0 spiro atoms. The van der Waals surface area contributed by atoms with E-state index in [0.29, 0.717) is 19.1 Å². The number of nitrogens with zero attached hydrogens (tertiary/aromatic N) is 3. The van der Waals surface area contributed by atoms with Gasteiger partial charge in [-0.15, -0.1) is 0 Å². The number of rotatable bonds is 3. The molecule has 0 atom stereocenters. The molecular formula is C21H25K2N3O6. The molecular weight excluding hydrogens is 468 g/mol. The van der Waals surface area contributed by atoms with Gasteiger partial charge in [-0.25, -0.2) is 14.8 Å². The number of aromatic nitrogens is 2. The number of carboxylic acid groups (broad SMARTS) is 2. The molecule has 0 radical (unpaired) electrons. The fourth-order valence-electron chi connectivity index (χ4n) is 2.79. The van der Waals surface area contributed by atoms with Crippen LogP contribution in [0.2, 0.25) is 0 Å². The first-order valence-electron chi connectivity index (χ1n) is 9.54. The molecule has 1 aliphatic heterocycles. The quantitative estimate of drug-likeness (QED) is 0.392. The number of amides is 1. The summed E-state index contributed by atoms with van der Waals surface area (Å²) in [5.74, 6) is 0. The Morgan fingerprint density at radius 2 is 1.47 bits per heavy atom. The molecule has 2 aromatic rings. The van der Waals surface area contributed by atoms with Crippen LogP contribution in [0, 0.1) is 0 Å². The predicted molar refractivity (Wildman–Crippen MR) is 104 cm³/mol. The second-order valence-electron chi connectivity index (χ2n) is 7.65. The van der Waals surface area contributed by atoms with Crippen molar-refractivity contribution in [2.24, 2.45) is 0 Å². The van der Waals surface area contributed by atoms with E-state index < -0.39 is 11.8 Å². The number of piperidine rings is 1. The van der Waals surface area contributed by atoms with Crippen LogP contribution in [0.15, 0.2) is 42.7 Å². The normalized spacial score (nSPS) is 13.4. The SMILES string of the molecule is CC(C)(C)OC(=O)N1CCC(Oc2ncc(-c3ccccc3)cn2)CC1.O=C([O-])[O-].[K+].[K+]. The Labute approximate surface area is 273 Å². The van der Waals surface area contributed by atoms with Crippen LogP contribution in [0.3, 0.4) is 0 Å². The maximum Gasteiger partial charge on any atom is 1.00 e. The van der Waals surface area contributed by atoms with Crippen molar-refractivity contribution < 1.29 is 132 Å². The van der Waals surface area contributed by atoms with Gasteiger partial charge in [-0.2, -0.15) is 0 Å². The van der Waals surface area contributed by atoms with Crippen molar-refractivity contribution in [1.82, 2.24) is 14.9 Å². The van der Waals surface area contributed by atoms with Crippen molar-refractivity contribution in [2.45, 2.75) is 45.3 Å². The van der Waals surface area contributed by atoms with Gasteiger partial charge in [0, 0.05) is 43.9 Å². The van der Waals surface area contributed by atoms with E-state index in [1.54, 1.807) is 17.3 Å². The van der Waals surface area contributed by atoms with Crippen molar-refractivity contribution in [2.75, 3.05) is 13.1 Å². The van der Waals surface area contributed by atoms with Crippen molar-refractivity contribution >= 4 is 12.2 Å². The minimum Gasteiger partial charge on any atom is -0.652 e. The van der Waals surface area contributed by atoms with Gasteiger partial charge >= 0.3 is 115 Å². The Kier molecular flexibility index (Phi) is 15.7. The third-order valence-electron chi connectivity index (χ3n) is 4.10. The smallest absolute Gasteiger partial charge is 0.652 e. The van der Waals surface area contributed by atoms with Crippen molar-refractivity contribution in [3.8, 4) is 17.1 Å². The van der Waals surface area contributed by atoms with Crippen LogP contribution in [0.1, 0.15) is 33.6 Å². The van der Waals surface area contributed by atoms with E-state index in [9.17, 15) is 4.79 Å². The first kappa shape index (κ1) is 31.9. The summed E-state index contributed by atoms with van der Waals surface area (Å²) in [4.78, 5) is 30.8. The summed E-state index contributed by atoms with van der Waals surface area (Å²) < 4.78 is 11.3. The molecule has 0 bridgehead atoms. The largest absolute Gasteiger partial charge is 1.00 e. The number of ether oxygens (including phenoxy) is 2. The summed E-state index contributed by atoms with van der Waals surface area (Å²) in [6.45, 7) is 6.84. The van der Waals surface area contributed by atoms with Gasteiger partial charge in [0.2, 0.25) is 0 Å². The first-order valence-corrected chi connectivity index (χ1v) is 9.54. The van der Waals surface area contributed by atoms with Crippen LogP contribution in [0.5, 0.6) is 6.01 Å². The fourth-order valence-corrected chi connectivity index (χ4v) is 2.79. The topological polar surface area (TPSA) is 128 Å². The minimum atomic E-state index is -2.33. The predicted octanol–water partition coefficient (Wildman–Crippen LogP) is -4.52. The molecule has 0 N–H and O–H groups in total. The molecule has 2 heterocycles. The van der Waals surface area contributed by atoms with Gasteiger partial charge < -0.3 is 29.4 Å². The molecule has 0 saturated carbocycles. The summed E-state index contributed by atoms with van der Waals surface area (Å²) in [5, 5.41) is 16.7. The van der Waals surface area contributed by atoms with Gasteiger partial charge in [-0.3, -0.25) is 0 Å². The average Bonchev–Trinajstić information content (AvgIpc) is 2.68. The van der Waals surface area contributed by atoms with E-state index in [1.807, 2.05) is 51.1 Å². The number of carbonyl (C=O) groups excluding carboxylic acids is 2. The van der Waals surface area contributed by atoms with Gasteiger partial charge in [-0.1, -0.05) is 30.3 Å². The zero-order chi connectivity index (χ0) is 22.1. The summed E-state index contributed by atoms with van der Waals surface area (Å²) in [7, 11) is 0. The summed E-state index contributed by atoms with van der Waals surface area (Å²) >= 11 is 0. The van der Waals surface area contributed by atoms with E-state index in [2.05, 4.69) is 9.97 Å². The monoisotopic (exact) mass is 493 g/mol. The van der Waals surface area contributed by atoms with E-state index in [0.717, 1.165) is 24.0 Å². The molecule has 1 aromatic carbocycles. The molecule has 9 nitrogen and oxygen atoms in total. The van der Waals surface area contributed by atoms with Crippen LogP contribution >= 0.6 is 0 Å². The van der Waals surface area contributed by atoms with Crippen molar-refractivity contribution in [3.05, 3.63) is 42.7 Å². The van der Waals surface area contributed by atoms with Crippen LogP contribution in [0.25, 0.3) is 11.1 Å². The molecule has 1 fully saturated rings. The van der Waals surface area contributed by atoms with E-state index in [4.69, 9.17) is 24.5 Å². The van der Waals surface area contributed by atoms with E-state index in [1.165, 1.54) is 0 Å². The summed E-state index contributed by atoms with van der Waals surface area (Å²) in [6.07, 6.45) is 2.43. The average molecular weight is 494 g/mol. The Morgan fingerprint density at radius 3 is 1.94 bits per heavy atom. The van der Waals surface area contributed by atoms with E-state index >= 15 is 0 Å². The molecule has 32 heavy (non-hydrogen) atoms. The maximum absolute atomic E-state index is 12.1. The number of hydrogen-bond acceptors (Lipinski definition) is 8. The third kappa shape index (κ3) is 12.4. The van der Waals surface area contributed by atoms with Crippen LogP contribution in [-0.2, 0) is 4.74 Å².